The Bertz CT molecular complexity index is 953. The molecule has 7 nitrogen and oxygen atoms in total. The zero-order valence-corrected chi connectivity index (χ0v) is 18.7. The van der Waals surface area contributed by atoms with Gasteiger partial charge in [0.25, 0.3) is 5.91 Å². The maximum Gasteiger partial charge on any atom is 0.573 e. The minimum absolute atomic E-state index is 0.0368. The molecule has 10 heteroatoms. The van der Waals surface area contributed by atoms with E-state index < -0.39 is 6.36 Å². The number of morpholine rings is 1. The maximum atomic E-state index is 13.2. The second kappa shape index (κ2) is 10.1. The van der Waals surface area contributed by atoms with Gasteiger partial charge < -0.3 is 19.7 Å². The van der Waals surface area contributed by atoms with Gasteiger partial charge in [0.15, 0.2) is 5.69 Å². The van der Waals surface area contributed by atoms with Gasteiger partial charge in [-0.2, -0.15) is 5.10 Å². The summed E-state index contributed by atoms with van der Waals surface area (Å²) in [6.07, 6.45) is -1.33. The first-order chi connectivity index (χ1) is 15.8. The quantitative estimate of drug-likeness (QED) is 0.678. The number of rotatable bonds is 7. The number of amides is 1. The molecule has 1 amide bonds. The molecule has 1 fully saturated rings. The van der Waals surface area contributed by atoms with E-state index in [-0.39, 0.29) is 17.7 Å². The molecule has 0 bridgehead atoms. The Morgan fingerprint density at radius 1 is 1.24 bits per heavy atom. The lowest BCUT2D eigenvalue weighted by atomic mass is 9.90. The molecule has 1 aromatic heterocycles. The highest BCUT2D eigenvalue weighted by atomic mass is 19.4. The van der Waals surface area contributed by atoms with Crippen molar-refractivity contribution in [3.63, 3.8) is 0 Å². The lowest BCUT2D eigenvalue weighted by Gasteiger charge is -2.28. The lowest BCUT2D eigenvalue weighted by molar-refractivity contribution is -0.274. The van der Waals surface area contributed by atoms with E-state index in [4.69, 9.17) is 9.84 Å². The van der Waals surface area contributed by atoms with Gasteiger partial charge in [0.1, 0.15) is 5.75 Å². The number of hydrogen-bond acceptors (Lipinski definition) is 5. The molecular formula is C23H29F3N4O3. The van der Waals surface area contributed by atoms with Crippen molar-refractivity contribution in [3.8, 4) is 5.75 Å². The fourth-order valence-electron chi connectivity index (χ4n) is 4.42. The van der Waals surface area contributed by atoms with E-state index in [0.717, 1.165) is 42.6 Å². The molecular weight excluding hydrogens is 437 g/mol. The number of carbonyl (C=O) groups is 1. The summed E-state index contributed by atoms with van der Waals surface area (Å²) in [4.78, 5) is 15.0. The van der Waals surface area contributed by atoms with Crippen LogP contribution in [-0.4, -0.2) is 59.3 Å². The molecule has 0 saturated carbocycles. The Kier molecular flexibility index (Phi) is 7.23. The van der Waals surface area contributed by atoms with Crippen LogP contribution >= 0.6 is 0 Å². The minimum atomic E-state index is -4.70. The van der Waals surface area contributed by atoms with Crippen molar-refractivity contribution in [1.29, 1.82) is 0 Å². The number of halogens is 3. The number of aromatic nitrogens is 2. The summed E-state index contributed by atoms with van der Waals surface area (Å²) in [6.45, 7) is 5.62. The molecule has 0 spiro atoms. The number of fused-ring (bicyclic) bond motifs is 1. The van der Waals surface area contributed by atoms with Gasteiger partial charge in [0, 0.05) is 43.5 Å². The first-order valence-corrected chi connectivity index (χ1v) is 11.4. The number of carbonyl (C=O) groups excluding carboxylic acids is 1. The number of ether oxygens (including phenoxy) is 2. The zero-order valence-electron chi connectivity index (χ0n) is 18.7. The molecule has 2 heterocycles. The molecule has 1 aliphatic heterocycles. The van der Waals surface area contributed by atoms with Gasteiger partial charge >= 0.3 is 6.36 Å². The Hall–Kier alpha value is -2.59. The summed E-state index contributed by atoms with van der Waals surface area (Å²) in [5.41, 5.74) is 3.56. The van der Waals surface area contributed by atoms with E-state index in [0.29, 0.717) is 45.0 Å². The van der Waals surface area contributed by atoms with Crippen LogP contribution in [0.3, 0.4) is 0 Å². The Morgan fingerprint density at radius 2 is 1.97 bits per heavy atom. The fourth-order valence-corrected chi connectivity index (χ4v) is 4.42. The first kappa shape index (κ1) is 23.6. The van der Waals surface area contributed by atoms with Crippen LogP contribution in [0.25, 0.3) is 0 Å². The van der Waals surface area contributed by atoms with E-state index in [1.807, 2.05) is 9.58 Å². The summed E-state index contributed by atoms with van der Waals surface area (Å²) in [5, 5.41) is 8.19. The van der Waals surface area contributed by atoms with E-state index in [1.165, 1.54) is 12.1 Å². The highest BCUT2D eigenvalue weighted by molar-refractivity contribution is 5.94. The largest absolute Gasteiger partial charge is 0.573 e. The van der Waals surface area contributed by atoms with Gasteiger partial charge in [-0.15, -0.1) is 13.2 Å². The average molecular weight is 467 g/mol. The summed E-state index contributed by atoms with van der Waals surface area (Å²) in [5.74, 6) is -0.270. The number of alkyl halides is 3. The van der Waals surface area contributed by atoms with E-state index in [1.54, 1.807) is 12.1 Å². The number of aryl methyl sites for hydroxylation is 1. The second-order valence-electron chi connectivity index (χ2n) is 8.41. The normalized spacial score (nSPS) is 18.8. The van der Waals surface area contributed by atoms with Crippen LogP contribution in [0, 0.1) is 0 Å². The second-order valence-corrected chi connectivity index (χ2v) is 8.41. The van der Waals surface area contributed by atoms with Crippen LogP contribution in [0.2, 0.25) is 0 Å². The number of hydrogen-bond donors (Lipinski definition) is 1. The highest BCUT2D eigenvalue weighted by Gasteiger charge is 2.32. The van der Waals surface area contributed by atoms with Gasteiger partial charge in [-0.3, -0.25) is 9.48 Å². The number of nitrogens with one attached hydrogen (secondary N) is 1. The molecule has 2 aromatic rings. The van der Waals surface area contributed by atoms with Crippen molar-refractivity contribution in [2.24, 2.45) is 0 Å². The molecule has 1 atom stereocenters. The minimum Gasteiger partial charge on any atom is -0.406 e. The summed E-state index contributed by atoms with van der Waals surface area (Å²) >= 11 is 0. The van der Waals surface area contributed by atoms with Gasteiger partial charge in [0.05, 0.1) is 13.2 Å². The monoisotopic (exact) mass is 466 g/mol. The van der Waals surface area contributed by atoms with Crippen molar-refractivity contribution in [2.75, 3.05) is 26.3 Å². The summed E-state index contributed by atoms with van der Waals surface area (Å²) in [6, 6.07) is 6.03. The lowest BCUT2D eigenvalue weighted by Crippen LogP contribution is -2.41. The Morgan fingerprint density at radius 3 is 2.64 bits per heavy atom. The predicted octanol–water partition coefficient (Wildman–Crippen LogP) is 3.31. The predicted molar refractivity (Wildman–Crippen MR) is 115 cm³/mol. The highest BCUT2D eigenvalue weighted by Crippen LogP contribution is 2.27. The van der Waals surface area contributed by atoms with Crippen LogP contribution in [-0.2, 0) is 30.7 Å². The van der Waals surface area contributed by atoms with Crippen molar-refractivity contribution < 1.29 is 27.4 Å². The van der Waals surface area contributed by atoms with Crippen molar-refractivity contribution >= 4 is 5.91 Å². The third-order valence-electron chi connectivity index (χ3n) is 6.03. The third-order valence-corrected chi connectivity index (χ3v) is 6.03. The first-order valence-electron chi connectivity index (χ1n) is 11.4. The van der Waals surface area contributed by atoms with Gasteiger partial charge in [-0.05, 0) is 43.4 Å². The Balaban J connectivity index is 1.43. The standard InChI is InChI=1S/C23H29F3N4O3/c1-2-9-30-20-8-5-17(27-15-16-3-6-18(7-4-16)33-23(24,25)26)14-19(20)21(28-30)22(31)29-10-12-32-13-11-29/h3-4,6-7,17,27H,2,5,8-15H2,1H3/t17-/m1/s1. The molecule has 1 aromatic carbocycles. The third kappa shape index (κ3) is 5.86. The zero-order chi connectivity index (χ0) is 23.4. The van der Waals surface area contributed by atoms with Crippen molar-refractivity contribution in [3.05, 3.63) is 46.8 Å². The van der Waals surface area contributed by atoms with Crippen LogP contribution in [0.4, 0.5) is 13.2 Å². The Labute approximate surface area is 190 Å². The molecule has 2 aliphatic rings. The molecule has 1 saturated heterocycles. The molecule has 33 heavy (non-hydrogen) atoms. The number of nitrogens with zero attached hydrogens (tertiary/aromatic N) is 3. The van der Waals surface area contributed by atoms with Crippen LogP contribution in [0.5, 0.6) is 5.75 Å². The van der Waals surface area contributed by atoms with Crippen molar-refractivity contribution in [2.45, 2.75) is 58.1 Å². The van der Waals surface area contributed by atoms with Crippen LogP contribution in [0.15, 0.2) is 24.3 Å². The van der Waals surface area contributed by atoms with E-state index in [2.05, 4.69) is 17.0 Å². The van der Waals surface area contributed by atoms with Crippen molar-refractivity contribution in [1.82, 2.24) is 20.0 Å². The average Bonchev–Trinajstić information content (AvgIpc) is 3.15. The van der Waals surface area contributed by atoms with Crippen LogP contribution < -0.4 is 10.1 Å². The molecule has 180 valence electrons. The van der Waals surface area contributed by atoms with Crippen LogP contribution in [0.1, 0.15) is 47.1 Å². The summed E-state index contributed by atoms with van der Waals surface area (Å²) < 4.78 is 48.3. The SMILES string of the molecule is CCCn1nc(C(=O)N2CCOCC2)c2c1CC[C@@H](NCc1ccc(OC(F)(F)F)cc1)C2. The number of benzene rings is 1. The topological polar surface area (TPSA) is 68.6 Å². The maximum absolute atomic E-state index is 13.2. The molecule has 1 N–H and O–H groups in total. The molecule has 4 rings (SSSR count). The smallest absolute Gasteiger partial charge is 0.406 e. The van der Waals surface area contributed by atoms with Gasteiger partial charge in [-0.1, -0.05) is 19.1 Å². The van der Waals surface area contributed by atoms with E-state index in [9.17, 15) is 18.0 Å². The molecule has 1 aliphatic carbocycles. The summed E-state index contributed by atoms with van der Waals surface area (Å²) in [7, 11) is 0. The van der Waals surface area contributed by atoms with E-state index >= 15 is 0 Å². The molecule has 0 radical (unpaired) electrons. The molecule has 0 unspecified atom stereocenters. The van der Waals surface area contributed by atoms with Gasteiger partial charge in [-0.25, -0.2) is 0 Å². The van der Waals surface area contributed by atoms with Gasteiger partial charge in [0.2, 0.25) is 0 Å². The fraction of sp³-hybridized carbons (Fsp3) is 0.565.